The topological polar surface area (TPSA) is 91.5 Å². The van der Waals surface area contributed by atoms with Crippen molar-refractivity contribution >= 4 is 0 Å². The van der Waals surface area contributed by atoms with Crippen LogP contribution in [0.3, 0.4) is 0 Å². The molecule has 3 atom stereocenters. The van der Waals surface area contributed by atoms with E-state index < -0.39 is 0 Å². The molecule has 2 bridgehead atoms. The Morgan fingerprint density at radius 3 is 2.26 bits per heavy atom. The summed E-state index contributed by atoms with van der Waals surface area (Å²) in [5, 5.41) is 20.7. The number of ether oxygens (including phenoxy) is 5. The van der Waals surface area contributed by atoms with Gasteiger partial charge in [-0.3, -0.25) is 4.57 Å². The summed E-state index contributed by atoms with van der Waals surface area (Å²) < 4.78 is 29.2. The van der Waals surface area contributed by atoms with Crippen molar-refractivity contribution in [1.82, 2.24) is 4.57 Å². The Balaban J connectivity index is 1.09. The Labute approximate surface area is 158 Å². The lowest BCUT2D eigenvalue weighted by Gasteiger charge is -2.22. The zero-order valence-electron chi connectivity index (χ0n) is 15.3. The molecular formula is C19H27NO7. The lowest BCUT2D eigenvalue weighted by Crippen LogP contribution is -2.24. The summed E-state index contributed by atoms with van der Waals surface area (Å²) in [7, 11) is 0. The highest BCUT2D eigenvalue weighted by molar-refractivity contribution is 5.55. The summed E-state index contributed by atoms with van der Waals surface area (Å²) in [6.07, 6.45) is 6.41. The third-order valence-corrected chi connectivity index (χ3v) is 5.11. The van der Waals surface area contributed by atoms with Gasteiger partial charge in [0, 0.05) is 6.61 Å². The fourth-order valence-corrected chi connectivity index (χ4v) is 3.74. The van der Waals surface area contributed by atoms with Gasteiger partial charge < -0.3 is 33.9 Å². The van der Waals surface area contributed by atoms with E-state index in [-0.39, 0.29) is 30.3 Å². The van der Waals surface area contributed by atoms with Crippen molar-refractivity contribution in [1.29, 1.82) is 0 Å². The first-order valence-electron chi connectivity index (χ1n) is 9.62. The van der Waals surface area contributed by atoms with Gasteiger partial charge >= 0.3 is 0 Å². The second-order valence-corrected chi connectivity index (χ2v) is 6.88. The molecule has 2 N–H and O–H groups in total. The molecule has 0 spiro atoms. The maximum Gasteiger partial charge on any atom is 0.200 e. The normalized spacial score (nSPS) is 26.0. The first kappa shape index (κ1) is 18.8. The molecule has 1 saturated heterocycles. The quantitative estimate of drug-likeness (QED) is 0.474. The highest BCUT2D eigenvalue weighted by atomic mass is 16.7. The van der Waals surface area contributed by atoms with Crippen molar-refractivity contribution < 1.29 is 33.9 Å². The SMILES string of the molecule is Oc1c2c(c(O)n1CCOCCOCCOC1CCCCO1)C1C=CC2O1. The van der Waals surface area contributed by atoms with Crippen molar-refractivity contribution in [3.8, 4) is 11.8 Å². The molecule has 0 aliphatic carbocycles. The second-order valence-electron chi connectivity index (χ2n) is 6.88. The van der Waals surface area contributed by atoms with Gasteiger partial charge in [-0.1, -0.05) is 12.2 Å². The van der Waals surface area contributed by atoms with Gasteiger partial charge in [-0.05, 0) is 19.3 Å². The van der Waals surface area contributed by atoms with E-state index in [2.05, 4.69) is 0 Å². The molecule has 0 radical (unpaired) electrons. The summed E-state index contributed by atoms with van der Waals surface area (Å²) in [4.78, 5) is 0. The highest BCUT2D eigenvalue weighted by Crippen LogP contribution is 2.54. The molecule has 1 aromatic heterocycles. The van der Waals surface area contributed by atoms with Crippen molar-refractivity contribution in [3.63, 3.8) is 0 Å². The van der Waals surface area contributed by atoms with Crippen molar-refractivity contribution in [3.05, 3.63) is 23.3 Å². The predicted octanol–water partition coefficient (Wildman–Crippen LogP) is 2.16. The van der Waals surface area contributed by atoms with Crippen LogP contribution in [0, 0.1) is 0 Å². The lowest BCUT2D eigenvalue weighted by molar-refractivity contribution is -0.169. The summed E-state index contributed by atoms with van der Waals surface area (Å²) >= 11 is 0. The molecule has 8 nitrogen and oxygen atoms in total. The second kappa shape index (κ2) is 8.62. The van der Waals surface area contributed by atoms with E-state index in [9.17, 15) is 10.2 Å². The summed E-state index contributed by atoms with van der Waals surface area (Å²) in [6, 6.07) is 0. The summed E-state index contributed by atoms with van der Waals surface area (Å²) in [6.45, 7) is 3.44. The number of aromatic hydroxyl groups is 2. The third-order valence-electron chi connectivity index (χ3n) is 5.11. The molecule has 3 aliphatic heterocycles. The number of rotatable bonds is 10. The van der Waals surface area contributed by atoms with Gasteiger partial charge in [-0.25, -0.2) is 0 Å². The van der Waals surface area contributed by atoms with Gasteiger partial charge in [-0.2, -0.15) is 0 Å². The summed E-state index contributed by atoms with van der Waals surface area (Å²) in [5.41, 5.74) is 1.34. The van der Waals surface area contributed by atoms with E-state index in [0.717, 1.165) is 25.9 Å². The standard InChI is InChI=1S/C19H27NO7/c21-18-16-13-4-5-14(27-13)17(16)19(22)20(18)6-8-23-9-10-24-11-12-26-15-3-1-2-7-25-15/h4-5,13-15,21-22H,1-3,6-12H2. The minimum atomic E-state index is -0.257. The molecule has 8 heteroatoms. The van der Waals surface area contributed by atoms with Crippen molar-refractivity contribution in [2.24, 2.45) is 0 Å². The smallest absolute Gasteiger partial charge is 0.200 e. The van der Waals surface area contributed by atoms with Gasteiger partial charge in [-0.15, -0.1) is 0 Å². The molecule has 1 fully saturated rings. The predicted molar refractivity (Wildman–Crippen MR) is 94.6 cm³/mol. The molecule has 0 amide bonds. The van der Waals surface area contributed by atoms with Gasteiger partial charge in [0.25, 0.3) is 0 Å². The number of aromatic nitrogens is 1. The van der Waals surface area contributed by atoms with Gasteiger partial charge in [0.05, 0.1) is 50.7 Å². The van der Waals surface area contributed by atoms with E-state index in [1.807, 2.05) is 12.2 Å². The zero-order valence-corrected chi connectivity index (χ0v) is 15.3. The molecule has 3 unspecified atom stereocenters. The average molecular weight is 381 g/mol. The molecule has 3 aliphatic rings. The minimum absolute atomic E-state index is 0.0567. The van der Waals surface area contributed by atoms with E-state index in [1.165, 1.54) is 4.57 Å². The Hall–Kier alpha value is -1.58. The Morgan fingerprint density at radius 1 is 0.926 bits per heavy atom. The van der Waals surface area contributed by atoms with Crippen LogP contribution < -0.4 is 0 Å². The minimum Gasteiger partial charge on any atom is -0.494 e. The third kappa shape index (κ3) is 4.00. The number of nitrogens with zero attached hydrogens (tertiary/aromatic N) is 1. The zero-order chi connectivity index (χ0) is 18.6. The van der Waals surface area contributed by atoms with Crippen LogP contribution in [0.1, 0.15) is 42.6 Å². The molecular weight excluding hydrogens is 354 g/mol. The molecule has 4 rings (SSSR count). The summed E-state index contributed by atoms with van der Waals surface area (Å²) in [5.74, 6) is 0.113. The Bertz CT molecular complexity index is 630. The fourth-order valence-electron chi connectivity index (χ4n) is 3.74. The fraction of sp³-hybridized carbons (Fsp3) is 0.684. The van der Waals surface area contributed by atoms with Gasteiger partial charge in [0.2, 0.25) is 11.8 Å². The van der Waals surface area contributed by atoms with Crippen molar-refractivity contribution in [2.75, 3.05) is 39.6 Å². The molecule has 150 valence electrons. The number of hydrogen-bond acceptors (Lipinski definition) is 7. The lowest BCUT2D eigenvalue weighted by atomic mass is 10.0. The monoisotopic (exact) mass is 381 g/mol. The van der Waals surface area contributed by atoms with Crippen LogP contribution in [0.4, 0.5) is 0 Å². The van der Waals surface area contributed by atoms with Crippen LogP contribution in [0.25, 0.3) is 0 Å². The van der Waals surface area contributed by atoms with Gasteiger partial charge in [0.1, 0.15) is 12.2 Å². The van der Waals surface area contributed by atoms with Crippen LogP contribution >= 0.6 is 0 Å². The molecule has 27 heavy (non-hydrogen) atoms. The van der Waals surface area contributed by atoms with Crippen LogP contribution in [-0.2, 0) is 30.2 Å². The van der Waals surface area contributed by atoms with Crippen LogP contribution in [0.15, 0.2) is 12.2 Å². The van der Waals surface area contributed by atoms with Crippen LogP contribution in [-0.4, -0.2) is 60.7 Å². The van der Waals surface area contributed by atoms with Crippen LogP contribution in [0.2, 0.25) is 0 Å². The van der Waals surface area contributed by atoms with E-state index in [4.69, 9.17) is 23.7 Å². The van der Waals surface area contributed by atoms with E-state index >= 15 is 0 Å². The van der Waals surface area contributed by atoms with Crippen LogP contribution in [0.5, 0.6) is 11.8 Å². The van der Waals surface area contributed by atoms with E-state index in [1.54, 1.807) is 0 Å². The molecule has 4 heterocycles. The Kier molecular flexibility index (Phi) is 5.99. The molecule has 1 aromatic rings. The molecule has 0 saturated carbocycles. The number of hydrogen-bond donors (Lipinski definition) is 2. The highest BCUT2D eigenvalue weighted by Gasteiger charge is 2.42. The van der Waals surface area contributed by atoms with Gasteiger partial charge in [0.15, 0.2) is 6.29 Å². The average Bonchev–Trinajstić information content (AvgIpc) is 3.36. The molecule has 0 aromatic carbocycles. The maximum absolute atomic E-state index is 10.3. The first-order valence-corrected chi connectivity index (χ1v) is 9.62. The number of fused-ring (bicyclic) bond motifs is 5. The largest absolute Gasteiger partial charge is 0.494 e. The van der Waals surface area contributed by atoms with E-state index in [0.29, 0.717) is 50.7 Å². The Morgan fingerprint density at radius 2 is 1.59 bits per heavy atom. The first-order chi connectivity index (χ1) is 13.3. The maximum atomic E-state index is 10.3. The van der Waals surface area contributed by atoms with Crippen molar-refractivity contribution in [2.45, 2.75) is 44.3 Å².